The van der Waals surface area contributed by atoms with E-state index < -0.39 is 6.09 Å². The van der Waals surface area contributed by atoms with Gasteiger partial charge in [-0.05, 0) is 17.7 Å². The molecule has 7 heteroatoms. The van der Waals surface area contributed by atoms with Gasteiger partial charge in [0.15, 0.2) is 0 Å². The Morgan fingerprint density at radius 3 is 2.63 bits per heavy atom. The molecule has 1 unspecified atom stereocenters. The van der Waals surface area contributed by atoms with Gasteiger partial charge in [-0.1, -0.05) is 0 Å². The highest BCUT2D eigenvalue weighted by molar-refractivity contribution is 5.94. The first-order valence-electron chi connectivity index (χ1n) is 5.66. The van der Waals surface area contributed by atoms with Crippen molar-refractivity contribution in [1.82, 2.24) is 10.2 Å². The Bertz CT molecular complexity index is 509. The summed E-state index contributed by atoms with van der Waals surface area (Å²) in [5, 5.41) is 21.5. The number of guanidine groups is 1. The maximum atomic E-state index is 11.1. The Balaban J connectivity index is 2.15. The smallest absolute Gasteiger partial charge is 0.413 e. The van der Waals surface area contributed by atoms with Crippen molar-refractivity contribution in [3.8, 4) is 11.5 Å². The van der Waals surface area contributed by atoms with E-state index in [-0.39, 0.29) is 17.5 Å². The number of carbonyl (C=O) groups excluding carboxylic acids is 1. The minimum atomic E-state index is -0.593. The van der Waals surface area contributed by atoms with Crippen molar-refractivity contribution in [2.24, 2.45) is 4.99 Å². The second-order valence-corrected chi connectivity index (χ2v) is 4.19. The number of aliphatic imine (C=N–C) groups is 1. The molecule has 0 spiro atoms. The summed E-state index contributed by atoms with van der Waals surface area (Å²) < 4.78 is 4.50. The van der Waals surface area contributed by atoms with Crippen LogP contribution in [0.1, 0.15) is 11.6 Å². The lowest BCUT2D eigenvalue weighted by atomic mass is 10.1. The summed E-state index contributed by atoms with van der Waals surface area (Å²) in [4.78, 5) is 17.1. The zero-order valence-corrected chi connectivity index (χ0v) is 10.6. The molecule has 0 saturated carbocycles. The van der Waals surface area contributed by atoms with Gasteiger partial charge in [-0.3, -0.25) is 10.3 Å². The van der Waals surface area contributed by atoms with Crippen LogP contribution in [0.3, 0.4) is 0 Å². The molecule has 0 bridgehead atoms. The molecule has 102 valence electrons. The fourth-order valence-corrected chi connectivity index (χ4v) is 1.96. The van der Waals surface area contributed by atoms with Crippen molar-refractivity contribution in [2.45, 2.75) is 6.04 Å². The maximum Gasteiger partial charge on any atom is 0.413 e. The van der Waals surface area contributed by atoms with E-state index in [1.807, 2.05) is 0 Å². The van der Waals surface area contributed by atoms with E-state index in [0.717, 1.165) is 0 Å². The third-order valence-electron chi connectivity index (χ3n) is 2.92. The van der Waals surface area contributed by atoms with Crippen LogP contribution in [0.25, 0.3) is 0 Å². The van der Waals surface area contributed by atoms with E-state index in [0.29, 0.717) is 18.1 Å². The van der Waals surface area contributed by atoms with Gasteiger partial charge in [0.1, 0.15) is 11.5 Å². The zero-order chi connectivity index (χ0) is 14.0. The third-order valence-corrected chi connectivity index (χ3v) is 2.92. The molecule has 1 aromatic rings. The number of benzene rings is 1. The van der Waals surface area contributed by atoms with Crippen LogP contribution in [0.4, 0.5) is 4.79 Å². The highest BCUT2D eigenvalue weighted by Gasteiger charge is 2.27. The molecule has 7 nitrogen and oxygen atoms in total. The summed E-state index contributed by atoms with van der Waals surface area (Å²) in [5.41, 5.74) is 0.713. The number of nitrogens with zero attached hydrogens (tertiary/aromatic N) is 2. The molecular formula is C12H15N3O4. The van der Waals surface area contributed by atoms with E-state index in [9.17, 15) is 15.0 Å². The van der Waals surface area contributed by atoms with Crippen LogP contribution >= 0.6 is 0 Å². The molecule has 19 heavy (non-hydrogen) atoms. The minimum Gasteiger partial charge on any atom is -0.508 e. The molecule has 1 atom stereocenters. The van der Waals surface area contributed by atoms with Gasteiger partial charge in [-0.25, -0.2) is 4.79 Å². The van der Waals surface area contributed by atoms with Crippen LogP contribution in [-0.2, 0) is 4.74 Å². The Kier molecular flexibility index (Phi) is 3.46. The van der Waals surface area contributed by atoms with E-state index in [1.165, 1.54) is 13.2 Å². The number of amides is 1. The normalized spacial score (nSPS) is 18.1. The fraction of sp³-hybridized carbons (Fsp3) is 0.333. The molecule has 3 N–H and O–H groups in total. The highest BCUT2D eigenvalue weighted by Crippen LogP contribution is 2.30. The van der Waals surface area contributed by atoms with Crippen LogP contribution in [-0.4, -0.2) is 47.9 Å². The van der Waals surface area contributed by atoms with Crippen molar-refractivity contribution >= 4 is 12.1 Å². The minimum absolute atomic E-state index is 0.0159. The monoisotopic (exact) mass is 265 g/mol. The van der Waals surface area contributed by atoms with Crippen LogP contribution in [0.2, 0.25) is 0 Å². The number of hydrogen-bond donors (Lipinski definition) is 3. The van der Waals surface area contributed by atoms with Crippen LogP contribution in [0, 0.1) is 0 Å². The van der Waals surface area contributed by atoms with Gasteiger partial charge in [-0.15, -0.1) is 0 Å². The van der Waals surface area contributed by atoms with Crippen molar-refractivity contribution < 1.29 is 19.7 Å². The maximum absolute atomic E-state index is 11.1. The van der Waals surface area contributed by atoms with Crippen LogP contribution in [0.15, 0.2) is 23.2 Å². The predicted molar refractivity (Wildman–Crippen MR) is 68.1 cm³/mol. The van der Waals surface area contributed by atoms with Crippen LogP contribution in [0.5, 0.6) is 11.5 Å². The van der Waals surface area contributed by atoms with Gasteiger partial charge >= 0.3 is 6.09 Å². The van der Waals surface area contributed by atoms with Gasteiger partial charge < -0.3 is 19.8 Å². The van der Waals surface area contributed by atoms with Gasteiger partial charge in [0.2, 0.25) is 5.96 Å². The third kappa shape index (κ3) is 2.70. The van der Waals surface area contributed by atoms with E-state index in [1.54, 1.807) is 24.1 Å². The molecular weight excluding hydrogens is 250 g/mol. The van der Waals surface area contributed by atoms with Crippen molar-refractivity contribution in [2.75, 3.05) is 20.7 Å². The molecule has 1 aromatic carbocycles. The Morgan fingerprint density at radius 1 is 1.42 bits per heavy atom. The number of nitrogens with one attached hydrogen (secondary N) is 1. The summed E-state index contributed by atoms with van der Waals surface area (Å²) in [6, 6.07) is 4.20. The number of aromatic hydroxyl groups is 2. The molecule has 0 radical (unpaired) electrons. The Labute approximate surface area is 110 Å². The molecule has 1 aliphatic rings. The quantitative estimate of drug-likeness (QED) is 0.698. The first-order valence-corrected chi connectivity index (χ1v) is 5.66. The number of hydrogen-bond acceptors (Lipinski definition) is 6. The van der Waals surface area contributed by atoms with Gasteiger partial charge in [-0.2, -0.15) is 0 Å². The average molecular weight is 265 g/mol. The summed E-state index contributed by atoms with van der Waals surface area (Å²) in [5.74, 6) is 0.357. The molecule has 1 aliphatic heterocycles. The number of methoxy groups -OCH3 is 1. The molecule has 0 aromatic heterocycles. The highest BCUT2D eigenvalue weighted by atomic mass is 16.5. The number of rotatable bonds is 1. The largest absolute Gasteiger partial charge is 0.508 e. The lowest BCUT2D eigenvalue weighted by Crippen LogP contribution is -2.40. The molecule has 0 fully saturated rings. The Hall–Kier alpha value is -2.44. The number of ether oxygens (including phenoxy) is 1. The van der Waals surface area contributed by atoms with Gasteiger partial charge in [0.25, 0.3) is 0 Å². The van der Waals surface area contributed by atoms with Crippen molar-refractivity contribution in [1.29, 1.82) is 0 Å². The molecule has 0 aliphatic carbocycles. The van der Waals surface area contributed by atoms with Crippen LogP contribution < -0.4 is 5.32 Å². The number of alkyl carbamates (subject to hydrolysis) is 1. The summed E-state index contributed by atoms with van der Waals surface area (Å²) in [6.07, 6.45) is -0.593. The SMILES string of the molecule is COC(=O)NC1=NCC(c2cc(O)cc(O)c2)N1C. The average Bonchev–Trinajstić information content (AvgIpc) is 2.69. The molecule has 2 rings (SSSR count). The summed E-state index contributed by atoms with van der Waals surface area (Å²) >= 11 is 0. The molecule has 1 heterocycles. The number of carbonyl (C=O) groups is 1. The van der Waals surface area contributed by atoms with Gasteiger partial charge in [0.05, 0.1) is 19.7 Å². The molecule has 0 saturated heterocycles. The fourth-order valence-electron chi connectivity index (χ4n) is 1.96. The number of phenols is 2. The van der Waals surface area contributed by atoms with E-state index in [2.05, 4.69) is 15.0 Å². The Morgan fingerprint density at radius 2 is 2.05 bits per heavy atom. The lowest BCUT2D eigenvalue weighted by molar-refractivity contribution is 0.175. The molecule has 1 amide bonds. The van der Waals surface area contributed by atoms with Gasteiger partial charge in [0, 0.05) is 13.1 Å². The first-order chi connectivity index (χ1) is 9.01. The topological polar surface area (TPSA) is 94.4 Å². The van der Waals surface area contributed by atoms with E-state index >= 15 is 0 Å². The summed E-state index contributed by atoms with van der Waals surface area (Å²) in [6.45, 7) is 0.415. The van der Waals surface area contributed by atoms with Crippen molar-refractivity contribution in [3.05, 3.63) is 23.8 Å². The summed E-state index contributed by atoms with van der Waals surface area (Å²) in [7, 11) is 3.03. The second kappa shape index (κ2) is 5.05. The standard InChI is InChI=1S/C12H15N3O4/c1-15-10(6-13-11(15)14-12(18)19-2)7-3-8(16)5-9(17)4-7/h3-5,10,16-17H,6H2,1-2H3,(H,13,14,18). The zero-order valence-electron chi connectivity index (χ0n) is 10.6. The first kappa shape index (κ1) is 13.0. The second-order valence-electron chi connectivity index (χ2n) is 4.19. The lowest BCUT2D eigenvalue weighted by Gasteiger charge is -2.23. The van der Waals surface area contributed by atoms with E-state index in [4.69, 9.17) is 0 Å². The predicted octanol–water partition coefficient (Wildman–Crippen LogP) is 0.796. The van der Waals surface area contributed by atoms with Crippen molar-refractivity contribution in [3.63, 3.8) is 0 Å². The number of likely N-dealkylation sites (N-methyl/N-ethyl adjacent to an activating group) is 1. The number of phenolic OH excluding ortho intramolecular Hbond substituents is 2.